The van der Waals surface area contributed by atoms with Gasteiger partial charge in [0.15, 0.2) is 0 Å². The summed E-state index contributed by atoms with van der Waals surface area (Å²) in [6.07, 6.45) is 0. The highest BCUT2D eigenvalue weighted by Crippen LogP contribution is 2.27. The van der Waals surface area contributed by atoms with E-state index in [0.717, 1.165) is 11.1 Å². The van der Waals surface area contributed by atoms with Gasteiger partial charge < -0.3 is 10.3 Å². The molecule has 4 nitrogen and oxygen atoms in total. The summed E-state index contributed by atoms with van der Waals surface area (Å²) in [6, 6.07) is 11.4. The van der Waals surface area contributed by atoms with Gasteiger partial charge >= 0.3 is 0 Å². The fourth-order valence-electron chi connectivity index (χ4n) is 1.94. The summed E-state index contributed by atoms with van der Waals surface area (Å²) in [6.45, 7) is 1.90. The van der Waals surface area contributed by atoms with Crippen LogP contribution in [0.4, 0.5) is 10.1 Å². The van der Waals surface area contributed by atoms with Crippen molar-refractivity contribution in [3.05, 3.63) is 53.8 Å². The monoisotopic (exact) mass is 269 g/mol. The van der Waals surface area contributed by atoms with Gasteiger partial charge in [0.1, 0.15) is 5.82 Å². The van der Waals surface area contributed by atoms with Crippen molar-refractivity contribution in [3.63, 3.8) is 0 Å². The number of nitrogens with two attached hydrogens (primary N) is 1. The van der Waals surface area contributed by atoms with Crippen LogP contribution in [-0.2, 0) is 0 Å². The molecule has 0 fully saturated rings. The standard InChI is InChI=1S/C15H12FN3O/c1-9-12(3-2-4-13(9)17)14-18-15(20-19-14)10-5-7-11(16)8-6-10/h2-8H,17H2,1H3. The molecule has 0 radical (unpaired) electrons. The lowest BCUT2D eigenvalue weighted by Gasteiger charge is -2.03. The van der Waals surface area contributed by atoms with Gasteiger partial charge in [0.2, 0.25) is 5.82 Å². The molecule has 2 N–H and O–H groups in total. The molecule has 0 atom stereocenters. The van der Waals surface area contributed by atoms with Crippen LogP contribution in [0.3, 0.4) is 0 Å². The highest BCUT2D eigenvalue weighted by molar-refractivity contribution is 5.68. The maximum absolute atomic E-state index is 12.9. The first-order chi connectivity index (χ1) is 9.65. The molecule has 1 heterocycles. The van der Waals surface area contributed by atoms with E-state index in [0.29, 0.717) is 23.0 Å². The maximum atomic E-state index is 12.9. The first-order valence-corrected chi connectivity index (χ1v) is 6.10. The van der Waals surface area contributed by atoms with Gasteiger partial charge in [-0.15, -0.1) is 0 Å². The second kappa shape index (κ2) is 4.77. The van der Waals surface area contributed by atoms with Gasteiger partial charge in [0.05, 0.1) is 0 Å². The van der Waals surface area contributed by atoms with Crippen LogP contribution >= 0.6 is 0 Å². The molecule has 0 spiro atoms. The molecule has 20 heavy (non-hydrogen) atoms. The molecule has 3 aromatic rings. The summed E-state index contributed by atoms with van der Waals surface area (Å²) >= 11 is 0. The summed E-state index contributed by atoms with van der Waals surface area (Å²) in [5.74, 6) is 0.510. The third-order valence-corrected chi connectivity index (χ3v) is 3.13. The van der Waals surface area contributed by atoms with Crippen LogP contribution in [0, 0.1) is 12.7 Å². The predicted octanol–water partition coefficient (Wildman–Crippen LogP) is 3.43. The normalized spacial score (nSPS) is 10.7. The average molecular weight is 269 g/mol. The molecule has 3 rings (SSSR count). The number of benzene rings is 2. The predicted molar refractivity (Wildman–Crippen MR) is 74.3 cm³/mol. The summed E-state index contributed by atoms with van der Waals surface area (Å²) in [4.78, 5) is 4.33. The molecule has 0 aliphatic rings. The molecule has 0 saturated heterocycles. The Morgan fingerprint density at radius 1 is 1.10 bits per heavy atom. The number of halogens is 1. The van der Waals surface area contributed by atoms with Crippen LogP contribution in [-0.4, -0.2) is 10.1 Å². The molecule has 0 saturated carbocycles. The van der Waals surface area contributed by atoms with Crippen LogP contribution in [0.5, 0.6) is 0 Å². The van der Waals surface area contributed by atoms with Gasteiger partial charge in [-0.2, -0.15) is 4.98 Å². The van der Waals surface area contributed by atoms with Gasteiger partial charge in [-0.1, -0.05) is 17.3 Å². The first kappa shape index (κ1) is 12.3. The van der Waals surface area contributed by atoms with Gasteiger partial charge in [-0.25, -0.2) is 4.39 Å². The van der Waals surface area contributed by atoms with E-state index < -0.39 is 0 Å². The summed E-state index contributed by atoms with van der Waals surface area (Å²) in [7, 11) is 0. The van der Waals surface area contributed by atoms with E-state index in [9.17, 15) is 4.39 Å². The van der Waals surface area contributed by atoms with E-state index >= 15 is 0 Å². The number of hydrogen-bond donors (Lipinski definition) is 1. The molecule has 1 aromatic heterocycles. The fourth-order valence-corrected chi connectivity index (χ4v) is 1.94. The number of aromatic nitrogens is 2. The lowest BCUT2D eigenvalue weighted by atomic mass is 10.1. The van der Waals surface area contributed by atoms with Gasteiger partial charge in [0.25, 0.3) is 5.89 Å². The third-order valence-electron chi connectivity index (χ3n) is 3.13. The first-order valence-electron chi connectivity index (χ1n) is 6.10. The highest BCUT2D eigenvalue weighted by Gasteiger charge is 2.13. The van der Waals surface area contributed by atoms with Gasteiger partial charge in [-0.3, -0.25) is 0 Å². The number of rotatable bonds is 2. The molecule has 0 bridgehead atoms. The van der Waals surface area contributed by atoms with Gasteiger partial charge in [0, 0.05) is 16.8 Å². The second-order valence-corrected chi connectivity index (χ2v) is 4.45. The Morgan fingerprint density at radius 2 is 1.85 bits per heavy atom. The smallest absolute Gasteiger partial charge is 0.258 e. The van der Waals surface area contributed by atoms with E-state index in [4.69, 9.17) is 10.3 Å². The lowest BCUT2D eigenvalue weighted by Crippen LogP contribution is -1.92. The minimum Gasteiger partial charge on any atom is -0.398 e. The van der Waals surface area contributed by atoms with E-state index in [1.807, 2.05) is 25.1 Å². The Morgan fingerprint density at radius 3 is 2.60 bits per heavy atom. The Kier molecular flexibility index (Phi) is 2.95. The molecule has 0 aliphatic heterocycles. The molecular formula is C15H12FN3O. The van der Waals surface area contributed by atoms with Gasteiger partial charge in [-0.05, 0) is 42.8 Å². The molecule has 5 heteroatoms. The van der Waals surface area contributed by atoms with Crippen molar-refractivity contribution in [3.8, 4) is 22.8 Å². The van der Waals surface area contributed by atoms with Crippen LogP contribution in [0.1, 0.15) is 5.56 Å². The van der Waals surface area contributed by atoms with Crippen molar-refractivity contribution in [1.29, 1.82) is 0 Å². The fraction of sp³-hybridized carbons (Fsp3) is 0.0667. The van der Waals surface area contributed by atoms with Crippen molar-refractivity contribution < 1.29 is 8.91 Å². The Bertz CT molecular complexity index is 750. The summed E-state index contributed by atoms with van der Waals surface area (Å²) < 4.78 is 18.1. The molecule has 0 aliphatic carbocycles. The van der Waals surface area contributed by atoms with Crippen LogP contribution < -0.4 is 5.73 Å². The second-order valence-electron chi connectivity index (χ2n) is 4.45. The zero-order valence-electron chi connectivity index (χ0n) is 10.8. The van der Waals surface area contributed by atoms with E-state index in [1.165, 1.54) is 12.1 Å². The molecule has 2 aromatic carbocycles. The van der Waals surface area contributed by atoms with Crippen molar-refractivity contribution in [2.45, 2.75) is 6.92 Å². The van der Waals surface area contributed by atoms with Crippen molar-refractivity contribution in [2.24, 2.45) is 0 Å². The zero-order chi connectivity index (χ0) is 14.1. The Hall–Kier alpha value is -2.69. The number of nitrogen functional groups attached to an aromatic ring is 1. The van der Waals surface area contributed by atoms with Crippen LogP contribution in [0.2, 0.25) is 0 Å². The van der Waals surface area contributed by atoms with E-state index in [2.05, 4.69) is 10.1 Å². The van der Waals surface area contributed by atoms with Crippen LogP contribution in [0.25, 0.3) is 22.8 Å². The topological polar surface area (TPSA) is 64.9 Å². The zero-order valence-corrected chi connectivity index (χ0v) is 10.8. The molecule has 100 valence electrons. The molecular weight excluding hydrogens is 257 g/mol. The number of anilines is 1. The largest absolute Gasteiger partial charge is 0.398 e. The number of nitrogens with zero attached hydrogens (tertiary/aromatic N) is 2. The summed E-state index contributed by atoms with van der Waals surface area (Å²) in [5.41, 5.74) is 8.94. The van der Waals surface area contributed by atoms with E-state index in [-0.39, 0.29) is 5.82 Å². The molecule has 0 unspecified atom stereocenters. The average Bonchev–Trinajstić information content (AvgIpc) is 2.92. The Labute approximate surface area is 115 Å². The van der Waals surface area contributed by atoms with E-state index in [1.54, 1.807) is 12.1 Å². The SMILES string of the molecule is Cc1c(N)cccc1-c1noc(-c2ccc(F)cc2)n1. The summed E-state index contributed by atoms with van der Waals surface area (Å²) in [5, 5.41) is 3.95. The van der Waals surface area contributed by atoms with Crippen molar-refractivity contribution in [2.75, 3.05) is 5.73 Å². The minimum atomic E-state index is -0.305. The minimum absolute atomic E-state index is 0.305. The Balaban J connectivity index is 2.02. The number of hydrogen-bond acceptors (Lipinski definition) is 4. The highest BCUT2D eigenvalue weighted by atomic mass is 19.1. The quantitative estimate of drug-likeness (QED) is 0.724. The molecule has 0 amide bonds. The maximum Gasteiger partial charge on any atom is 0.258 e. The van der Waals surface area contributed by atoms with Crippen molar-refractivity contribution >= 4 is 5.69 Å². The third kappa shape index (κ3) is 2.14. The van der Waals surface area contributed by atoms with Crippen LogP contribution in [0.15, 0.2) is 47.0 Å². The lowest BCUT2D eigenvalue weighted by molar-refractivity contribution is 0.432. The van der Waals surface area contributed by atoms with Crippen molar-refractivity contribution in [1.82, 2.24) is 10.1 Å².